The predicted molar refractivity (Wildman–Crippen MR) is 79.1 cm³/mol. The van der Waals surface area contributed by atoms with Crippen LogP contribution >= 0.6 is 11.3 Å². The number of hydrogen-bond acceptors (Lipinski definition) is 3. The minimum absolute atomic E-state index is 0.446. The van der Waals surface area contributed by atoms with Gasteiger partial charge in [0.05, 0.1) is 10.7 Å². The second kappa shape index (κ2) is 5.70. The topological polar surface area (TPSA) is 24.9 Å². The molecule has 0 saturated heterocycles. The van der Waals surface area contributed by atoms with Gasteiger partial charge in [0.15, 0.2) is 0 Å². The lowest BCUT2D eigenvalue weighted by Gasteiger charge is -2.34. The molecule has 0 amide bonds. The number of nitrogens with zero attached hydrogens (tertiary/aromatic N) is 1. The summed E-state index contributed by atoms with van der Waals surface area (Å²) in [6, 6.07) is 1.13. The molecular formula is C15H26N2S. The Labute approximate surface area is 115 Å². The average Bonchev–Trinajstić information content (AvgIpc) is 2.63. The van der Waals surface area contributed by atoms with Crippen molar-refractivity contribution in [1.29, 1.82) is 0 Å². The molecule has 1 aliphatic carbocycles. The third kappa shape index (κ3) is 3.12. The quantitative estimate of drug-likeness (QED) is 0.885. The fraction of sp³-hybridized carbons (Fsp3) is 0.800. The van der Waals surface area contributed by atoms with Gasteiger partial charge in [-0.2, -0.15) is 0 Å². The van der Waals surface area contributed by atoms with Gasteiger partial charge in [0.2, 0.25) is 0 Å². The Morgan fingerprint density at radius 1 is 1.22 bits per heavy atom. The van der Waals surface area contributed by atoms with Crippen LogP contribution < -0.4 is 5.32 Å². The number of rotatable bonds is 3. The van der Waals surface area contributed by atoms with Crippen LogP contribution in [0.15, 0.2) is 0 Å². The first-order valence-corrected chi connectivity index (χ1v) is 7.99. The van der Waals surface area contributed by atoms with Gasteiger partial charge < -0.3 is 5.32 Å². The van der Waals surface area contributed by atoms with E-state index in [4.69, 9.17) is 0 Å². The molecule has 1 heterocycles. The highest BCUT2D eigenvalue weighted by Crippen LogP contribution is 2.32. The van der Waals surface area contributed by atoms with Gasteiger partial charge in [0, 0.05) is 17.0 Å². The molecule has 102 valence electrons. The van der Waals surface area contributed by atoms with E-state index in [2.05, 4.69) is 44.9 Å². The third-order valence-corrected chi connectivity index (χ3v) is 5.67. The summed E-state index contributed by atoms with van der Waals surface area (Å²) in [6.07, 6.45) is 4.02. The van der Waals surface area contributed by atoms with Gasteiger partial charge in [-0.15, -0.1) is 11.3 Å². The lowest BCUT2D eigenvalue weighted by atomic mass is 9.79. The standard InChI is InChI=1S/C15H26N2S/c1-9-6-7-14(8-10(9)2)17-12(4)15-11(3)16-13(5)18-15/h9-10,12,14,17H,6-8H2,1-5H3. The normalized spacial score (nSPS) is 30.4. The summed E-state index contributed by atoms with van der Waals surface area (Å²) in [5.74, 6) is 1.75. The molecule has 1 N–H and O–H groups in total. The van der Waals surface area contributed by atoms with E-state index in [0.29, 0.717) is 12.1 Å². The molecule has 0 aliphatic heterocycles. The third-order valence-electron chi connectivity index (χ3n) is 4.42. The molecule has 4 unspecified atom stereocenters. The Morgan fingerprint density at radius 3 is 2.50 bits per heavy atom. The zero-order chi connectivity index (χ0) is 13.3. The van der Waals surface area contributed by atoms with Crippen molar-refractivity contribution in [2.75, 3.05) is 0 Å². The van der Waals surface area contributed by atoms with Crippen LogP contribution in [0.3, 0.4) is 0 Å². The number of hydrogen-bond donors (Lipinski definition) is 1. The van der Waals surface area contributed by atoms with E-state index >= 15 is 0 Å². The Hall–Kier alpha value is -0.410. The molecule has 2 nitrogen and oxygen atoms in total. The summed E-state index contributed by atoms with van der Waals surface area (Å²) in [7, 11) is 0. The second-order valence-electron chi connectivity index (χ2n) is 6.04. The number of thiazole rings is 1. The van der Waals surface area contributed by atoms with E-state index < -0.39 is 0 Å². The van der Waals surface area contributed by atoms with Crippen LogP contribution in [0, 0.1) is 25.7 Å². The number of nitrogens with one attached hydrogen (secondary N) is 1. The molecule has 0 aromatic carbocycles. The van der Waals surface area contributed by atoms with Crippen LogP contribution in [-0.2, 0) is 0 Å². The smallest absolute Gasteiger partial charge is 0.0900 e. The Bertz CT molecular complexity index is 399. The van der Waals surface area contributed by atoms with Crippen LogP contribution in [0.1, 0.15) is 61.7 Å². The highest BCUT2D eigenvalue weighted by molar-refractivity contribution is 7.11. The van der Waals surface area contributed by atoms with E-state index in [1.807, 2.05) is 11.3 Å². The molecule has 1 aromatic rings. The molecule has 0 bridgehead atoms. The highest BCUT2D eigenvalue weighted by atomic mass is 32.1. The van der Waals surface area contributed by atoms with Crippen LogP contribution in [0.4, 0.5) is 0 Å². The van der Waals surface area contributed by atoms with Crippen molar-refractivity contribution in [3.63, 3.8) is 0 Å². The maximum absolute atomic E-state index is 4.53. The van der Waals surface area contributed by atoms with Gasteiger partial charge in [-0.1, -0.05) is 13.8 Å². The molecule has 1 saturated carbocycles. The van der Waals surface area contributed by atoms with Crippen molar-refractivity contribution < 1.29 is 0 Å². The SMILES string of the molecule is Cc1nc(C)c(C(C)NC2CCC(C)C(C)C2)s1. The molecule has 0 spiro atoms. The maximum Gasteiger partial charge on any atom is 0.0900 e. The fourth-order valence-corrected chi connectivity index (χ4v) is 4.02. The summed E-state index contributed by atoms with van der Waals surface area (Å²) < 4.78 is 0. The van der Waals surface area contributed by atoms with Crippen molar-refractivity contribution in [1.82, 2.24) is 10.3 Å². The summed E-state index contributed by atoms with van der Waals surface area (Å²) >= 11 is 1.84. The van der Waals surface area contributed by atoms with E-state index in [1.54, 1.807) is 0 Å². The van der Waals surface area contributed by atoms with Crippen LogP contribution in [0.2, 0.25) is 0 Å². The molecule has 1 fully saturated rings. The minimum atomic E-state index is 0.446. The first-order valence-electron chi connectivity index (χ1n) is 7.17. The van der Waals surface area contributed by atoms with Gasteiger partial charge >= 0.3 is 0 Å². The first kappa shape index (κ1) is 14.0. The van der Waals surface area contributed by atoms with Crippen molar-refractivity contribution in [2.45, 2.75) is 66.0 Å². The number of aromatic nitrogens is 1. The van der Waals surface area contributed by atoms with Crippen LogP contribution in [-0.4, -0.2) is 11.0 Å². The molecule has 4 atom stereocenters. The predicted octanol–water partition coefficient (Wildman–Crippen LogP) is 4.24. The van der Waals surface area contributed by atoms with Crippen molar-refractivity contribution in [3.8, 4) is 0 Å². The highest BCUT2D eigenvalue weighted by Gasteiger charge is 2.26. The fourth-order valence-electron chi connectivity index (χ4n) is 3.08. The van der Waals surface area contributed by atoms with Gasteiger partial charge in [-0.3, -0.25) is 0 Å². The van der Waals surface area contributed by atoms with E-state index in [-0.39, 0.29) is 0 Å². The zero-order valence-electron chi connectivity index (χ0n) is 12.3. The monoisotopic (exact) mass is 266 g/mol. The molecular weight excluding hydrogens is 240 g/mol. The molecule has 18 heavy (non-hydrogen) atoms. The molecule has 2 rings (SSSR count). The number of aryl methyl sites for hydroxylation is 2. The lowest BCUT2D eigenvalue weighted by molar-refractivity contribution is 0.218. The minimum Gasteiger partial charge on any atom is -0.307 e. The first-order chi connectivity index (χ1) is 8.47. The van der Waals surface area contributed by atoms with Gasteiger partial charge in [-0.05, 0) is 51.9 Å². The zero-order valence-corrected chi connectivity index (χ0v) is 13.1. The Balaban J connectivity index is 1.95. The largest absolute Gasteiger partial charge is 0.307 e. The Morgan fingerprint density at radius 2 is 1.94 bits per heavy atom. The maximum atomic E-state index is 4.53. The summed E-state index contributed by atoms with van der Waals surface area (Å²) in [4.78, 5) is 5.95. The summed E-state index contributed by atoms with van der Waals surface area (Å²) in [5, 5.41) is 4.99. The van der Waals surface area contributed by atoms with E-state index in [0.717, 1.165) is 11.8 Å². The van der Waals surface area contributed by atoms with Crippen molar-refractivity contribution in [3.05, 3.63) is 15.6 Å². The van der Waals surface area contributed by atoms with Crippen molar-refractivity contribution >= 4 is 11.3 Å². The van der Waals surface area contributed by atoms with Crippen LogP contribution in [0.5, 0.6) is 0 Å². The molecule has 0 radical (unpaired) electrons. The molecule has 3 heteroatoms. The summed E-state index contributed by atoms with van der Waals surface area (Å²) in [5.41, 5.74) is 1.20. The van der Waals surface area contributed by atoms with E-state index in [9.17, 15) is 0 Å². The van der Waals surface area contributed by atoms with Gasteiger partial charge in [-0.25, -0.2) is 4.98 Å². The summed E-state index contributed by atoms with van der Waals surface area (Å²) in [6.45, 7) is 11.3. The average molecular weight is 266 g/mol. The Kier molecular flexibility index (Phi) is 4.44. The van der Waals surface area contributed by atoms with Gasteiger partial charge in [0.25, 0.3) is 0 Å². The second-order valence-corrected chi connectivity index (χ2v) is 7.27. The molecule has 1 aromatic heterocycles. The van der Waals surface area contributed by atoms with Crippen LogP contribution in [0.25, 0.3) is 0 Å². The lowest BCUT2D eigenvalue weighted by Crippen LogP contribution is -2.37. The van der Waals surface area contributed by atoms with E-state index in [1.165, 1.54) is 34.8 Å². The molecule has 1 aliphatic rings. The van der Waals surface area contributed by atoms with Crippen molar-refractivity contribution in [2.24, 2.45) is 11.8 Å². The van der Waals surface area contributed by atoms with Gasteiger partial charge in [0.1, 0.15) is 0 Å².